The van der Waals surface area contributed by atoms with E-state index < -0.39 is 10.0 Å². The number of benzene rings is 2. The summed E-state index contributed by atoms with van der Waals surface area (Å²) < 4.78 is 29.4. The molecule has 0 saturated heterocycles. The van der Waals surface area contributed by atoms with Crippen molar-refractivity contribution in [2.45, 2.75) is 23.3 Å². The van der Waals surface area contributed by atoms with Crippen LogP contribution in [0.3, 0.4) is 0 Å². The van der Waals surface area contributed by atoms with Crippen molar-refractivity contribution in [3.8, 4) is 11.5 Å². The van der Waals surface area contributed by atoms with Gasteiger partial charge in [-0.2, -0.15) is 0 Å². The number of nitrogens with two attached hydrogens (primary N) is 1. The van der Waals surface area contributed by atoms with Gasteiger partial charge in [0, 0.05) is 30.1 Å². The fourth-order valence-electron chi connectivity index (χ4n) is 2.54. The molecule has 8 heteroatoms. The predicted molar refractivity (Wildman–Crippen MR) is 111 cm³/mol. The van der Waals surface area contributed by atoms with Crippen LogP contribution in [0.2, 0.25) is 0 Å². The second-order valence-electron chi connectivity index (χ2n) is 6.53. The second-order valence-corrected chi connectivity index (χ2v) is 8.94. The number of hydrogen-bond acceptors (Lipinski definition) is 6. The summed E-state index contributed by atoms with van der Waals surface area (Å²) in [5.41, 5.74) is 1.87. The van der Waals surface area contributed by atoms with Gasteiger partial charge in [-0.1, -0.05) is 0 Å². The Morgan fingerprint density at radius 2 is 1.93 bits per heavy atom. The van der Waals surface area contributed by atoms with Crippen LogP contribution in [0.15, 0.2) is 46.2 Å². The standard InChI is InChI=1S/C19H27N3O3S2/c1-14-11-16(5-8-19(14)26-4)25-18-7-6-17(27(20,23)24)12-15(18)13-21-9-10-22(2)3/h5-8,11-12,21H,9-10,13H2,1-4H3,(H2,20,23,24). The lowest BCUT2D eigenvalue weighted by molar-refractivity contribution is 0.398. The van der Waals surface area contributed by atoms with Gasteiger partial charge >= 0.3 is 0 Å². The molecule has 6 nitrogen and oxygen atoms in total. The molecule has 0 atom stereocenters. The van der Waals surface area contributed by atoms with Gasteiger partial charge in [-0.3, -0.25) is 0 Å². The highest BCUT2D eigenvalue weighted by Crippen LogP contribution is 2.30. The average Bonchev–Trinajstić information content (AvgIpc) is 2.59. The molecule has 0 amide bonds. The third-order valence-corrected chi connectivity index (χ3v) is 5.81. The Bertz CT molecular complexity index is 884. The molecule has 0 unspecified atom stereocenters. The summed E-state index contributed by atoms with van der Waals surface area (Å²) in [6.45, 7) is 4.16. The summed E-state index contributed by atoms with van der Waals surface area (Å²) in [7, 11) is 0.228. The monoisotopic (exact) mass is 409 g/mol. The molecule has 0 saturated carbocycles. The largest absolute Gasteiger partial charge is 0.457 e. The SMILES string of the molecule is CSc1ccc(Oc2ccc(S(N)(=O)=O)cc2CNCCN(C)C)cc1C. The summed E-state index contributed by atoms with van der Waals surface area (Å²) >= 11 is 1.68. The maximum absolute atomic E-state index is 11.7. The molecule has 0 aliphatic rings. The first-order valence-corrected chi connectivity index (χ1v) is 11.3. The molecular weight excluding hydrogens is 382 g/mol. The Labute approximate surface area is 166 Å². The molecule has 2 rings (SSSR count). The van der Waals surface area contributed by atoms with Gasteiger partial charge < -0.3 is 15.0 Å². The Kier molecular flexibility index (Phi) is 7.69. The Balaban J connectivity index is 2.26. The number of rotatable bonds is 9. The van der Waals surface area contributed by atoms with Gasteiger partial charge in [-0.05, 0) is 69.2 Å². The third kappa shape index (κ3) is 6.51. The third-order valence-electron chi connectivity index (χ3n) is 4.01. The van der Waals surface area contributed by atoms with Crippen molar-refractivity contribution in [3.63, 3.8) is 0 Å². The number of thioether (sulfide) groups is 1. The van der Waals surface area contributed by atoms with Crippen LogP contribution in [0.4, 0.5) is 0 Å². The molecule has 0 fully saturated rings. The van der Waals surface area contributed by atoms with E-state index in [1.807, 2.05) is 45.5 Å². The van der Waals surface area contributed by atoms with Gasteiger partial charge in [-0.25, -0.2) is 13.6 Å². The Morgan fingerprint density at radius 1 is 1.19 bits per heavy atom. The molecule has 0 bridgehead atoms. The van der Waals surface area contributed by atoms with Gasteiger partial charge in [0.05, 0.1) is 4.90 Å². The number of nitrogens with zero attached hydrogens (tertiary/aromatic N) is 1. The lowest BCUT2D eigenvalue weighted by Crippen LogP contribution is -2.26. The molecule has 0 heterocycles. The normalized spacial score (nSPS) is 11.8. The molecule has 2 aromatic carbocycles. The zero-order chi connectivity index (χ0) is 20.0. The zero-order valence-corrected chi connectivity index (χ0v) is 17.8. The van der Waals surface area contributed by atoms with Crippen molar-refractivity contribution in [2.75, 3.05) is 33.4 Å². The zero-order valence-electron chi connectivity index (χ0n) is 16.2. The van der Waals surface area contributed by atoms with Gasteiger partial charge in [0.1, 0.15) is 11.5 Å². The first kappa shape index (κ1) is 21.7. The summed E-state index contributed by atoms with van der Waals surface area (Å²) in [6, 6.07) is 10.6. The van der Waals surface area contributed by atoms with Gasteiger partial charge in [-0.15, -0.1) is 11.8 Å². The fourth-order valence-corrected chi connectivity index (χ4v) is 3.69. The van der Waals surface area contributed by atoms with Crippen LogP contribution in [-0.4, -0.2) is 46.8 Å². The van der Waals surface area contributed by atoms with Crippen LogP contribution in [0, 0.1) is 6.92 Å². The molecule has 0 aliphatic carbocycles. The molecule has 0 radical (unpaired) electrons. The quantitative estimate of drug-likeness (QED) is 0.489. The number of ether oxygens (including phenoxy) is 1. The van der Waals surface area contributed by atoms with E-state index in [4.69, 9.17) is 9.88 Å². The van der Waals surface area contributed by atoms with E-state index in [2.05, 4.69) is 10.2 Å². The van der Waals surface area contributed by atoms with Crippen molar-refractivity contribution < 1.29 is 13.2 Å². The second kappa shape index (κ2) is 9.57. The highest BCUT2D eigenvalue weighted by molar-refractivity contribution is 7.98. The summed E-state index contributed by atoms with van der Waals surface area (Å²) in [5.74, 6) is 1.32. The van der Waals surface area contributed by atoms with Crippen molar-refractivity contribution in [3.05, 3.63) is 47.5 Å². The molecule has 0 aromatic heterocycles. The smallest absolute Gasteiger partial charge is 0.238 e. The van der Waals surface area contributed by atoms with E-state index in [0.29, 0.717) is 18.0 Å². The van der Waals surface area contributed by atoms with Crippen molar-refractivity contribution in [1.82, 2.24) is 10.2 Å². The number of nitrogens with one attached hydrogen (secondary N) is 1. The van der Waals surface area contributed by atoms with E-state index in [9.17, 15) is 8.42 Å². The van der Waals surface area contributed by atoms with Crippen LogP contribution in [0.25, 0.3) is 0 Å². The van der Waals surface area contributed by atoms with Crippen LogP contribution in [0.1, 0.15) is 11.1 Å². The first-order chi connectivity index (χ1) is 12.7. The Morgan fingerprint density at radius 3 is 2.52 bits per heavy atom. The van der Waals surface area contributed by atoms with E-state index in [-0.39, 0.29) is 4.90 Å². The van der Waals surface area contributed by atoms with Crippen molar-refractivity contribution in [2.24, 2.45) is 5.14 Å². The minimum absolute atomic E-state index is 0.0770. The molecule has 27 heavy (non-hydrogen) atoms. The molecular formula is C19H27N3O3S2. The molecule has 2 aromatic rings. The number of primary sulfonamides is 1. The van der Waals surface area contributed by atoms with E-state index in [0.717, 1.165) is 24.2 Å². The van der Waals surface area contributed by atoms with Crippen LogP contribution >= 0.6 is 11.8 Å². The van der Waals surface area contributed by atoms with Gasteiger partial charge in [0.15, 0.2) is 0 Å². The Hall–Kier alpha value is -1.58. The minimum Gasteiger partial charge on any atom is -0.457 e. The maximum Gasteiger partial charge on any atom is 0.238 e. The molecule has 0 aliphatic heterocycles. The van der Waals surface area contributed by atoms with Crippen molar-refractivity contribution in [1.29, 1.82) is 0 Å². The highest BCUT2D eigenvalue weighted by Gasteiger charge is 2.13. The van der Waals surface area contributed by atoms with Gasteiger partial charge in [0.2, 0.25) is 10.0 Å². The van der Waals surface area contributed by atoms with E-state index >= 15 is 0 Å². The topological polar surface area (TPSA) is 84.7 Å². The average molecular weight is 410 g/mol. The summed E-state index contributed by atoms with van der Waals surface area (Å²) in [5, 5.41) is 8.58. The molecule has 0 spiro atoms. The van der Waals surface area contributed by atoms with Crippen LogP contribution < -0.4 is 15.2 Å². The highest BCUT2D eigenvalue weighted by atomic mass is 32.2. The van der Waals surface area contributed by atoms with Crippen molar-refractivity contribution >= 4 is 21.8 Å². The van der Waals surface area contributed by atoms with Crippen LogP contribution in [0.5, 0.6) is 11.5 Å². The number of sulfonamides is 1. The lowest BCUT2D eigenvalue weighted by Gasteiger charge is -2.15. The first-order valence-electron chi connectivity index (χ1n) is 8.54. The summed E-state index contributed by atoms with van der Waals surface area (Å²) in [4.78, 5) is 3.34. The van der Waals surface area contributed by atoms with E-state index in [1.54, 1.807) is 23.9 Å². The van der Waals surface area contributed by atoms with E-state index in [1.165, 1.54) is 11.0 Å². The number of likely N-dealkylation sites (N-methyl/N-ethyl adjacent to an activating group) is 1. The number of hydrogen-bond donors (Lipinski definition) is 2. The number of aryl methyl sites for hydroxylation is 1. The summed E-state index contributed by atoms with van der Waals surface area (Å²) in [6.07, 6.45) is 2.03. The molecule has 3 N–H and O–H groups in total. The fraction of sp³-hybridized carbons (Fsp3) is 0.368. The predicted octanol–water partition coefficient (Wildman–Crippen LogP) is 2.81. The maximum atomic E-state index is 11.7. The lowest BCUT2D eigenvalue weighted by atomic mass is 10.2. The van der Waals surface area contributed by atoms with Crippen LogP contribution in [-0.2, 0) is 16.6 Å². The minimum atomic E-state index is -3.77. The van der Waals surface area contributed by atoms with Gasteiger partial charge in [0.25, 0.3) is 0 Å². The molecule has 148 valence electrons.